The van der Waals surface area contributed by atoms with Crippen LogP contribution >= 0.6 is 0 Å². The molecular weight excluding hydrogens is 202 g/mol. The van der Waals surface area contributed by atoms with Gasteiger partial charge in [0.2, 0.25) is 0 Å². The van der Waals surface area contributed by atoms with Crippen molar-refractivity contribution < 1.29 is 9.47 Å². The van der Waals surface area contributed by atoms with Crippen LogP contribution in [0.3, 0.4) is 0 Å². The van der Waals surface area contributed by atoms with Crippen LogP contribution in [-0.4, -0.2) is 25.9 Å². The summed E-state index contributed by atoms with van der Waals surface area (Å²) in [5.41, 5.74) is 6.93. The average molecular weight is 221 g/mol. The molecule has 2 N–H and O–H groups in total. The summed E-state index contributed by atoms with van der Waals surface area (Å²) < 4.78 is 11.3. The van der Waals surface area contributed by atoms with Crippen LogP contribution in [0.2, 0.25) is 0 Å². The van der Waals surface area contributed by atoms with Gasteiger partial charge in [-0.05, 0) is 18.4 Å². The van der Waals surface area contributed by atoms with Crippen molar-refractivity contribution in [3.05, 3.63) is 35.9 Å². The van der Waals surface area contributed by atoms with Crippen molar-refractivity contribution in [2.24, 2.45) is 5.73 Å². The number of hydrogen-bond acceptors (Lipinski definition) is 3. The second-order valence-corrected chi connectivity index (χ2v) is 4.08. The first-order chi connectivity index (χ1) is 7.90. The Kier molecular flexibility index (Phi) is 4.34. The molecule has 1 aliphatic rings. The number of ether oxygens (including phenoxy) is 2. The van der Waals surface area contributed by atoms with Gasteiger partial charge < -0.3 is 15.2 Å². The first kappa shape index (κ1) is 11.6. The van der Waals surface area contributed by atoms with Crippen LogP contribution < -0.4 is 5.73 Å². The Bertz CT molecular complexity index is 296. The highest BCUT2D eigenvalue weighted by atomic mass is 16.5. The van der Waals surface area contributed by atoms with Crippen LogP contribution in [0.15, 0.2) is 30.3 Å². The Labute approximate surface area is 96.5 Å². The summed E-state index contributed by atoms with van der Waals surface area (Å²) in [4.78, 5) is 0. The number of nitrogens with two attached hydrogens (primary N) is 1. The summed E-state index contributed by atoms with van der Waals surface area (Å²) in [5.74, 6) is 0. The third-order valence-corrected chi connectivity index (χ3v) is 2.91. The van der Waals surface area contributed by atoms with Crippen molar-refractivity contribution in [1.29, 1.82) is 0 Å². The van der Waals surface area contributed by atoms with Crippen molar-refractivity contribution in [3.8, 4) is 0 Å². The molecule has 0 bridgehead atoms. The van der Waals surface area contributed by atoms with E-state index in [-0.39, 0.29) is 6.10 Å². The standard InChI is InChI=1S/C13H19NO2/c14-10-13(11-4-2-1-3-5-11)16-12-6-8-15-9-7-12/h1-5,12-13H,6-10,14H2. The van der Waals surface area contributed by atoms with Crippen molar-refractivity contribution >= 4 is 0 Å². The summed E-state index contributed by atoms with van der Waals surface area (Å²) in [5, 5.41) is 0. The number of benzene rings is 1. The highest BCUT2D eigenvalue weighted by Crippen LogP contribution is 2.22. The topological polar surface area (TPSA) is 44.5 Å². The lowest BCUT2D eigenvalue weighted by Gasteiger charge is -2.27. The lowest BCUT2D eigenvalue weighted by Crippen LogP contribution is -2.28. The molecule has 0 radical (unpaired) electrons. The quantitative estimate of drug-likeness (QED) is 0.844. The largest absolute Gasteiger partial charge is 0.381 e. The average Bonchev–Trinajstić information content (AvgIpc) is 2.38. The Hall–Kier alpha value is -0.900. The van der Waals surface area contributed by atoms with Gasteiger partial charge in [0.15, 0.2) is 0 Å². The molecule has 3 nitrogen and oxygen atoms in total. The van der Waals surface area contributed by atoms with Gasteiger partial charge in [-0.2, -0.15) is 0 Å². The summed E-state index contributed by atoms with van der Waals surface area (Å²) in [6.07, 6.45) is 2.26. The van der Waals surface area contributed by atoms with E-state index in [0.717, 1.165) is 31.6 Å². The minimum atomic E-state index is 0.0179. The molecule has 0 aliphatic carbocycles. The maximum atomic E-state index is 6.02. The molecule has 0 saturated carbocycles. The molecule has 1 aromatic carbocycles. The third kappa shape index (κ3) is 3.04. The number of rotatable bonds is 4. The molecule has 1 aliphatic heterocycles. The maximum Gasteiger partial charge on any atom is 0.0950 e. The van der Waals surface area contributed by atoms with Gasteiger partial charge in [-0.1, -0.05) is 30.3 Å². The zero-order valence-electron chi connectivity index (χ0n) is 9.47. The van der Waals surface area contributed by atoms with Crippen LogP contribution in [0.5, 0.6) is 0 Å². The van der Waals surface area contributed by atoms with Crippen LogP contribution in [0.1, 0.15) is 24.5 Å². The van der Waals surface area contributed by atoms with E-state index in [0.29, 0.717) is 12.6 Å². The molecule has 1 heterocycles. The zero-order valence-corrected chi connectivity index (χ0v) is 9.47. The van der Waals surface area contributed by atoms with E-state index in [4.69, 9.17) is 15.2 Å². The van der Waals surface area contributed by atoms with E-state index in [2.05, 4.69) is 12.1 Å². The second kappa shape index (κ2) is 5.99. The third-order valence-electron chi connectivity index (χ3n) is 2.91. The molecular formula is C13H19NO2. The van der Waals surface area contributed by atoms with Gasteiger partial charge in [-0.25, -0.2) is 0 Å². The Morgan fingerprint density at radius 2 is 1.94 bits per heavy atom. The van der Waals surface area contributed by atoms with Crippen LogP contribution in [0, 0.1) is 0 Å². The molecule has 2 rings (SSSR count). The Balaban J connectivity index is 1.94. The smallest absolute Gasteiger partial charge is 0.0950 e. The van der Waals surface area contributed by atoms with E-state index in [1.165, 1.54) is 0 Å². The fraction of sp³-hybridized carbons (Fsp3) is 0.538. The molecule has 3 heteroatoms. The van der Waals surface area contributed by atoms with Crippen molar-refractivity contribution in [2.45, 2.75) is 25.0 Å². The Morgan fingerprint density at radius 1 is 1.25 bits per heavy atom. The first-order valence-corrected chi connectivity index (χ1v) is 5.88. The van der Waals surface area contributed by atoms with Gasteiger partial charge in [-0.3, -0.25) is 0 Å². The van der Waals surface area contributed by atoms with Crippen molar-refractivity contribution in [3.63, 3.8) is 0 Å². The van der Waals surface area contributed by atoms with E-state index in [1.54, 1.807) is 0 Å². The molecule has 0 aromatic heterocycles. The van der Waals surface area contributed by atoms with Gasteiger partial charge in [0.25, 0.3) is 0 Å². The molecule has 16 heavy (non-hydrogen) atoms. The molecule has 1 aromatic rings. The molecule has 88 valence electrons. The molecule has 0 amide bonds. The van der Waals surface area contributed by atoms with Gasteiger partial charge in [0.05, 0.1) is 12.2 Å². The summed E-state index contributed by atoms with van der Waals surface area (Å²) in [6, 6.07) is 10.2. The summed E-state index contributed by atoms with van der Waals surface area (Å²) >= 11 is 0. The van der Waals surface area contributed by atoms with Gasteiger partial charge >= 0.3 is 0 Å². The lowest BCUT2D eigenvalue weighted by atomic mass is 10.1. The predicted octanol–water partition coefficient (Wildman–Crippen LogP) is 1.88. The van der Waals surface area contributed by atoms with Crippen molar-refractivity contribution in [1.82, 2.24) is 0 Å². The zero-order chi connectivity index (χ0) is 11.2. The molecule has 1 atom stereocenters. The monoisotopic (exact) mass is 221 g/mol. The molecule has 0 spiro atoms. The first-order valence-electron chi connectivity index (χ1n) is 5.88. The van der Waals surface area contributed by atoms with Gasteiger partial charge in [0, 0.05) is 19.8 Å². The van der Waals surface area contributed by atoms with Gasteiger partial charge in [-0.15, -0.1) is 0 Å². The van der Waals surface area contributed by atoms with Gasteiger partial charge in [0.1, 0.15) is 0 Å². The Morgan fingerprint density at radius 3 is 2.56 bits per heavy atom. The molecule has 1 saturated heterocycles. The van der Waals surface area contributed by atoms with Crippen molar-refractivity contribution in [2.75, 3.05) is 19.8 Å². The number of hydrogen-bond donors (Lipinski definition) is 1. The minimum Gasteiger partial charge on any atom is -0.381 e. The SMILES string of the molecule is NCC(OC1CCOCC1)c1ccccc1. The normalized spacial score (nSPS) is 19.6. The van der Waals surface area contributed by atoms with E-state index in [9.17, 15) is 0 Å². The fourth-order valence-electron chi connectivity index (χ4n) is 1.98. The molecule has 1 unspecified atom stereocenters. The minimum absolute atomic E-state index is 0.0179. The lowest BCUT2D eigenvalue weighted by molar-refractivity contribution is -0.0665. The van der Waals surface area contributed by atoms with Crippen LogP contribution in [0.25, 0.3) is 0 Å². The summed E-state index contributed by atoms with van der Waals surface area (Å²) in [6.45, 7) is 2.13. The molecule has 1 fully saturated rings. The maximum absolute atomic E-state index is 6.02. The summed E-state index contributed by atoms with van der Waals surface area (Å²) in [7, 11) is 0. The van der Waals surface area contributed by atoms with E-state index < -0.39 is 0 Å². The van der Waals surface area contributed by atoms with Crippen LogP contribution in [0.4, 0.5) is 0 Å². The second-order valence-electron chi connectivity index (χ2n) is 4.08. The van der Waals surface area contributed by atoms with Crippen LogP contribution in [-0.2, 0) is 9.47 Å². The highest BCUT2D eigenvalue weighted by Gasteiger charge is 2.19. The highest BCUT2D eigenvalue weighted by molar-refractivity contribution is 5.17. The fourth-order valence-corrected chi connectivity index (χ4v) is 1.98. The predicted molar refractivity (Wildman–Crippen MR) is 63.2 cm³/mol. The van der Waals surface area contributed by atoms with E-state index >= 15 is 0 Å². The van der Waals surface area contributed by atoms with E-state index in [1.807, 2.05) is 18.2 Å².